The first-order valence-electron chi connectivity index (χ1n) is 8.80. The molecule has 3 aromatic rings. The van der Waals surface area contributed by atoms with Gasteiger partial charge in [0.05, 0.1) is 18.1 Å². The molecule has 0 bridgehead atoms. The van der Waals surface area contributed by atoms with E-state index in [4.69, 9.17) is 9.26 Å². The number of hydrogen-bond acceptors (Lipinski definition) is 5. The minimum Gasteiger partial charge on any atom is -0.459 e. The molecule has 2 aromatic carbocycles. The first-order valence-corrected chi connectivity index (χ1v) is 8.80. The third-order valence-electron chi connectivity index (χ3n) is 4.06. The smallest absolute Gasteiger partial charge is 0.338 e. The number of fused-ring (bicyclic) bond motifs is 1. The highest BCUT2D eigenvalue weighted by molar-refractivity contribution is 5.96. The largest absolute Gasteiger partial charge is 0.459 e. The maximum Gasteiger partial charge on any atom is 0.338 e. The average molecular weight is 366 g/mol. The minimum absolute atomic E-state index is 0.105. The van der Waals surface area contributed by atoms with E-state index in [0.29, 0.717) is 22.5 Å². The second-order valence-electron chi connectivity index (χ2n) is 6.84. The average Bonchev–Trinajstić information content (AvgIpc) is 2.97. The summed E-state index contributed by atoms with van der Waals surface area (Å²) in [6.07, 6.45) is -0.0741. The van der Waals surface area contributed by atoms with Crippen LogP contribution in [-0.2, 0) is 16.0 Å². The molecule has 6 nitrogen and oxygen atoms in total. The highest BCUT2D eigenvalue weighted by Crippen LogP contribution is 2.24. The van der Waals surface area contributed by atoms with Crippen molar-refractivity contribution in [2.45, 2.75) is 40.2 Å². The Bertz CT molecular complexity index is 987. The molecule has 0 atom stereocenters. The Balaban J connectivity index is 1.69. The lowest BCUT2D eigenvalue weighted by Crippen LogP contribution is -2.15. The molecular weight excluding hydrogens is 344 g/mol. The molecule has 1 amide bonds. The number of carbonyl (C=O) groups is 2. The van der Waals surface area contributed by atoms with Gasteiger partial charge in [-0.15, -0.1) is 0 Å². The highest BCUT2D eigenvalue weighted by Gasteiger charge is 2.15. The predicted molar refractivity (Wildman–Crippen MR) is 103 cm³/mol. The Morgan fingerprint density at radius 3 is 2.52 bits per heavy atom. The summed E-state index contributed by atoms with van der Waals surface area (Å²) in [5.74, 6) is -0.592. The van der Waals surface area contributed by atoms with Gasteiger partial charge in [-0.2, -0.15) is 0 Å². The van der Waals surface area contributed by atoms with Crippen LogP contribution >= 0.6 is 0 Å². The van der Waals surface area contributed by atoms with Gasteiger partial charge in [0.25, 0.3) is 0 Å². The molecule has 0 aliphatic rings. The van der Waals surface area contributed by atoms with Gasteiger partial charge in [0.2, 0.25) is 5.91 Å². The molecule has 1 heterocycles. The van der Waals surface area contributed by atoms with E-state index >= 15 is 0 Å². The number of rotatable bonds is 5. The van der Waals surface area contributed by atoms with Crippen LogP contribution in [0, 0.1) is 13.8 Å². The summed E-state index contributed by atoms with van der Waals surface area (Å²) in [6, 6.07) is 10.5. The number of amides is 1. The maximum absolute atomic E-state index is 12.4. The lowest BCUT2D eigenvalue weighted by Gasteiger charge is -2.09. The van der Waals surface area contributed by atoms with Gasteiger partial charge in [0.1, 0.15) is 5.69 Å². The van der Waals surface area contributed by atoms with Gasteiger partial charge in [-0.3, -0.25) is 4.79 Å². The molecule has 0 unspecified atom stereocenters. The van der Waals surface area contributed by atoms with E-state index in [1.807, 2.05) is 26.0 Å². The summed E-state index contributed by atoms with van der Waals surface area (Å²) in [6.45, 7) is 7.55. The maximum atomic E-state index is 12.4. The number of ether oxygens (including phenoxy) is 1. The number of carbonyl (C=O) groups excluding carboxylic acids is 2. The summed E-state index contributed by atoms with van der Waals surface area (Å²) in [5.41, 5.74) is 4.45. The highest BCUT2D eigenvalue weighted by atomic mass is 16.5. The van der Waals surface area contributed by atoms with Crippen LogP contribution in [0.3, 0.4) is 0 Å². The molecule has 1 aromatic heterocycles. The summed E-state index contributed by atoms with van der Waals surface area (Å²) < 4.78 is 10.5. The van der Waals surface area contributed by atoms with E-state index in [-0.39, 0.29) is 24.4 Å². The Morgan fingerprint density at radius 2 is 1.85 bits per heavy atom. The monoisotopic (exact) mass is 366 g/mol. The van der Waals surface area contributed by atoms with E-state index < -0.39 is 0 Å². The van der Waals surface area contributed by atoms with Crippen molar-refractivity contribution in [3.63, 3.8) is 0 Å². The van der Waals surface area contributed by atoms with E-state index in [0.717, 1.165) is 16.5 Å². The minimum atomic E-state index is -0.386. The fraction of sp³-hybridized carbons (Fsp3) is 0.286. The first kappa shape index (κ1) is 18.6. The Hall–Kier alpha value is -3.15. The van der Waals surface area contributed by atoms with Gasteiger partial charge in [0.15, 0.2) is 5.58 Å². The van der Waals surface area contributed by atoms with Crippen LogP contribution in [0.2, 0.25) is 0 Å². The zero-order valence-electron chi connectivity index (χ0n) is 15.8. The van der Waals surface area contributed by atoms with Crippen LogP contribution in [0.4, 0.5) is 5.69 Å². The number of aryl methyl sites for hydroxylation is 2. The van der Waals surface area contributed by atoms with E-state index in [1.54, 1.807) is 38.1 Å². The SMILES string of the molecule is Cc1cc(C)c2c(CC(=O)Nc3ccc(C(=O)OC(C)C)cc3)noc2c1. The first-order chi connectivity index (χ1) is 12.8. The second kappa shape index (κ2) is 7.61. The molecule has 27 heavy (non-hydrogen) atoms. The molecule has 1 N–H and O–H groups in total. The number of aromatic nitrogens is 1. The molecular formula is C21H22N2O4. The third kappa shape index (κ3) is 4.34. The number of hydrogen-bond donors (Lipinski definition) is 1. The van der Waals surface area contributed by atoms with Crippen molar-refractivity contribution in [2.75, 3.05) is 5.32 Å². The van der Waals surface area contributed by atoms with Crippen molar-refractivity contribution < 1.29 is 18.8 Å². The molecule has 3 rings (SSSR count). The van der Waals surface area contributed by atoms with Crippen molar-refractivity contribution in [3.8, 4) is 0 Å². The van der Waals surface area contributed by atoms with Crippen LogP contribution in [0.15, 0.2) is 40.9 Å². The number of nitrogens with zero attached hydrogens (tertiary/aromatic N) is 1. The normalized spacial score (nSPS) is 11.0. The zero-order chi connectivity index (χ0) is 19.6. The predicted octanol–water partition coefficient (Wildman–Crippen LogP) is 4.19. The van der Waals surface area contributed by atoms with E-state index in [2.05, 4.69) is 10.5 Å². The summed E-state index contributed by atoms with van der Waals surface area (Å²) >= 11 is 0. The van der Waals surface area contributed by atoms with Crippen molar-refractivity contribution in [1.29, 1.82) is 0 Å². The van der Waals surface area contributed by atoms with Crippen LogP contribution < -0.4 is 5.32 Å². The second-order valence-corrected chi connectivity index (χ2v) is 6.84. The van der Waals surface area contributed by atoms with Crippen molar-refractivity contribution in [3.05, 3.63) is 58.8 Å². The summed E-state index contributed by atoms with van der Waals surface area (Å²) in [5, 5.41) is 7.73. The van der Waals surface area contributed by atoms with E-state index in [1.165, 1.54) is 0 Å². The number of esters is 1. The molecule has 0 saturated heterocycles. The summed E-state index contributed by atoms with van der Waals surface area (Å²) in [4.78, 5) is 24.2. The molecule has 140 valence electrons. The summed E-state index contributed by atoms with van der Waals surface area (Å²) in [7, 11) is 0. The number of nitrogens with one attached hydrogen (secondary N) is 1. The molecule has 0 saturated carbocycles. The molecule has 0 fully saturated rings. The van der Waals surface area contributed by atoms with Gasteiger partial charge in [-0.05, 0) is 69.2 Å². The van der Waals surface area contributed by atoms with Crippen LogP contribution in [0.25, 0.3) is 11.0 Å². The van der Waals surface area contributed by atoms with Crippen molar-refractivity contribution in [2.24, 2.45) is 0 Å². The molecule has 0 radical (unpaired) electrons. The lowest BCUT2D eigenvalue weighted by atomic mass is 10.0. The van der Waals surface area contributed by atoms with Crippen molar-refractivity contribution in [1.82, 2.24) is 5.16 Å². The van der Waals surface area contributed by atoms with Gasteiger partial charge in [0, 0.05) is 11.1 Å². The van der Waals surface area contributed by atoms with Crippen LogP contribution in [0.1, 0.15) is 41.0 Å². The Morgan fingerprint density at radius 1 is 1.15 bits per heavy atom. The van der Waals surface area contributed by atoms with E-state index in [9.17, 15) is 9.59 Å². The molecule has 0 spiro atoms. The third-order valence-corrected chi connectivity index (χ3v) is 4.06. The van der Waals surface area contributed by atoms with Crippen LogP contribution in [-0.4, -0.2) is 23.1 Å². The van der Waals surface area contributed by atoms with Gasteiger partial charge < -0.3 is 14.6 Å². The zero-order valence-corrected chi connectivity index (χ0v) is 15.8. The van der Waals surface area contributed by atoms with Gasteiger partial charge in [-0.1, -0.05) is 11.2 Å². The molecule has 6 heteroatoms. The lowest BCUT2D eigenvalue weighted by molar-refractivity contribution is -0.115. The number of anilines is 1. The van der Waals surface area contributed by atoms with Crippen LogP contribution in [0.5, 0.6) is 0 Å². The standard InChI is InChI=1S/C21H22N2O4/c1-12(2)26-21(25)15-5-7-16(8-6-15)22-19(24)11-17-20-14(4)9-13(3)10-18(20)27-23-17/h5-10,12H,11H2,1-4H3,(H,22,24). The van der Waals surface area contributed by atoms with Gasteiger partial charge >= 0.3 is 5.97 Å². The quantitative estimate of drug-likeness (QED) is 0.685. The Kier molecular flexibility index (Phi) is 5.26. The van der Waals surface area contributed by atoms with Gasteiger partial charge in [-0.25, -0.2) is 4.79 Å². The molecule has 0 aliphatic carbocycles. The Labute approximate surface area is 157 Å². The topological polar surface area (TPSA) is 81.4 Å². The fourth-order valence-corrected chi connectivity index (χ4v) is 2.97. The number of benzene rings is 2. The fourth-order valence-electron chi connectivity index (χ4n) is 2.97. The molecule has 0 aliphatic heterocycles. The van der Waals surface area contributed by atoms with Crippen molar-refractivity contribution >= 4 is 28.5 Å².